The van der Waals surface area contributed by atoms with E-state index in [2.05, 4.69) is 12.1 Å². The highest BCUT2D eigenvalue weighted by atomic mass is 16.5. The van der Waals surface area contributed by atoms with Crippen LogP contribution in [-0.4, -0.2) is 45.6 Å². The number of phenolic OH excluding ortho intramolecular Hbond substituents is 1. The minimum absolute atomic E-state index is 0.0119. The SMILES string of the molecule is COc1ccc(CN2C(=O)c3ccc4c5cc(C#N)c6c7c(ccc(c8cc(C#N)c(c3c48)C2=O)c75)C(=O)N(Cc2ccc(O)cc2)C6=O)cc1. The van der Waals surface area contributed by atoms with E-state index in [0.29, 0.717) is 60.0 Å². The van der Waals surface area contributed by atoms with Crippen LogP contribution in [0.4, 0.5) is 0 Å². The zero-order valence-electron chi connectivity index (χ0n) is 26.8. The van der Waals surface area contributed by atoms with E-state index >= 15 is 0 Å². The minimum Gasteiger partial charge on any atom is -0.508 e. The number of benzene rings is 7. The number of methoxy groups -OCH3 is 1. The summed E-state index contributed by atoms with van der Waals surface area (Å²) in [6.45, 7) is -0.0774. The molecule has 0 bridgehead atoms. The lowest BCUT2D eigenvalue weighted by molar-refractivity contribution is 0.0583. The first-order valence-corrected chi connectivity index (χ1v) is 16.0. The fraction of sp³-hybridized carbons (Fsp3) is 0.0732. The highest BCUT2D eigenvalue weighted by Crippen LogP contribution is 2.48. The van der Waals surface area contributed by atoms with Gasteiger partial charge in [0.2, 0.25) is 0 Å². The third-order valence-corrected chi connectivity index (χ3v) is 10.0. The van der Waals surface area contributed by atoms with E-state index in [1.807, 2.05) is 0 Å². The first-order valence-electron chi connectivity index (χ1n) is 16.0. The van der Waals surface area contributed by atoms with Crippen molar-refractivity contribution in [3.05, 3.63) is 129 Å². The van der Waals surface area contributed by atoms with Crippen molar-refractivity contribution in [3.8, 4) is 23.6 Å². The molecule has 0 aromatic heterocycles. The smallest absolute Gasteiger partial charge is 0.263 e. The molecule has 0 saturated carbocycles. The maximum absolute atomic E-state index is 14.2. The monoisotopic (exact) mass is 666 g/mol. The van der Waals surface area contributed by atoms with Crippen molar-refractivity contribution in [1.29, 1.82) is 10.5 Å². The van der Waals surface area contributed by atoms with Crippen LogP contribution >= 0.6 is 0 Å². The summed E-state index contributed by atoms with van der Waals surface area (Å²) in [6, 6.07) is 27.5. The first-order chi connectivity index (χ1) is 24.7. The molecule has 2 aliphatic heterocycles. The third-order valence-electron chi connectivity index (χ3n) is 10.0. The van der Waals surface area contributed by atoms with Crippen molar-refractivity contribution < 1.29 is 29.0 Å². The van der Waals surface area contributed by atoms with Gasteiger partial charge in [0, 0.05) is 21.9 Å². The number of aromatic hydroxyl groups is 1. The number of carbonyl (C=O) groups is 4. The number of amides is 4. The highest BCUT2D eigenvalue weighted by molar-refractivity contribution is 6.42. The molecule has 0 atom stereocenters. The Kier molecular flexibility index (Phi) is 6.19. The number of hydrogen-bond acceptors (Lipinski definition) is 8. The van der Waals surface area contributed by atoms with Crippen LogP contribution in [0.3, 0.4) is 0 Å². The van der Waals surface area contributed by atoms with Crippen LogP contribution in [0.1, 0.15) is 63.7 Å². The van der Waals surface area contributed by atoms with E-state index in [1.165, 1.54) is 12.1 Å². The number of carbonyl (C=O) groups excluding carboxylic acids is 4. The average Bonchev–Trinajstić information content (AvgIpc) is 3.15. The third kappa shape index (κ3) is 4.02. The van der Waals surface area contributed by atoms with E-state index in [4.69, 9.17) is 4.74 Å². The summed E-state index contributed by atoms with van der Waals surface area (Å²) in [5, 5.41) is 34.7. The molecule has 242 valence electrons. The van der Waals surface area contributed by atoms with Gasteiger partial charge in [0.25, 0.3) is 23.6 Å². The first kappa shape index (κ1) is 29.8. The highest BCUT2D eigenvalue weighted by Gasteiger charge is 2.39. The van der Waals surface area contributed by atoms with E-state index in [0.717, 1.165) is 9.80 Å². The van der Waals surface area contributed by atoms with Crippen molar-refractivity contribution in [2.24, 2.45) is 0 Å². The Morgan fingerprint density at radius 1 is 0.569 bits per heavy atom. The predicted molar refractivity (Wildman–Crippen MR) is 187 cm³/mol. The Morgan fingerprint density at radius 2 is 1.00 bits per heavy atom. The molecule has 2 heterocycles. The van der Waals surface area contributed by atoms with Gasteiger partial charge in [0.1, 0.15) is 23.6 Å². The molecule has 4 amide bonds. The molecular weight excluding hydrogens is 644 g/mol. The molecule has 7 aromatic rings. The molecule has 0 unspecified atom stereocenters. The van der Waals surface area contributed by atoms with Crippen LogP contribution in [-0.2, 0) is 13.1 Å². The van der Waals surface area contributed by atoms with Crippen LogP contribution in [0.25, 0.3) is 43.1 Å². The minimum atomic E-state index is -0.622. The number of ether oxygens (including phenoxy) is 1. The fourth-order valence-corrected chi connectivity index (χ4v) is 7.71. The molecule has 0 spiro atoms. The second-order valence-electron chi connectivity index (χ2n) is 12.6. The summed E-state index contributed by atoms with van der Waals surface area (Å²) >= 11 is 0. The van der Waals surface area contributed by atoms with Crippen LogP contribution in [0.2, 0.25) is 0 Å². The zero-order valence-corrected chi connectivity index (χ0v) is 26.8. The molecule has 9 rings (SSSR count). The van der Waals surface area contributed by atoms with Gasteiger partial charge in [-0.15, -0.1) is 0 Å². The van der Waals surface area contributed by atoms with Crippen molar-refractivity contribution in [2.45, 2.75) is 13.1 Å². The molecule has 0 radical (unpaired) electrons. The summed E-state index contributed by atoms with van der Waals surface area (Å²) in [5.41, 5.74) is 2.20. The van der Waals surface area contributed by atoms with Gasteiger partial charge in [-0.05, 0) is 92.0 Å². The molecule has 2 aliphatic rings. The maximum atomic E-state index is 14.2. The quantitative estimate of drug-likeness (QED) is 0.120. The number of nitriles is 2. The summed E-state index contributed by atoms with van der Waals surface area (Å²) in [5.74, 6) is -1.58. The molecule has 10 nitrogen and oxygen atoms in total. The number of rotatable bonds is 5. The molecule has 51 heavy (non-hydrogen) atoms. The van der Waals surface area contributed by atoms with Gasteiger partial charge >= 0.3 is 0 Å². The molecule has 7 aromatic carbocycles. The average molecular weight is 667 g/mol. The lowest BCUT2D eigenvalue weighted by atomic mass is 9.80. The molecule has 0 saturated heterocycles. The van der Waals surface area contributed by atoms with Gasteiger partial charge < -0.3 is 9.84 Å². The number of hydrogen-bond donors (Lipinski definition) is 1. The van der Waals surface area contributed by atoms with E-state index in [1.54, 1.807) is 79.9 Å². The van der Waals surface area contributed by atoms with Crippen molar-refractivity contribution >= 4 is 66.7 Å². The fourth-order valence-electron chi connectivity index (χ4n) is 7.71. The topological polar surface area (TPSA) is 152 Å². The molecule has 1 N–H and O–H groups in total. The van der Waals surface area contributed by atoms with Gasteiger partial charge in [0.05, 0.1) is 42.5 Å². The summed E-state index contributed by atoms with van der Waals surface area (Å²) in [7, 11) is 1.55. The van der Waals surface area contributed by atoms with Gasteiger partial charge in [-0.3, -0.25) is 29.0 Å². The van der Waals surface area contributed by atoms with Crippen LogP contribution < -0.4 is 4.74 Å². The summed E-state index contributed by atoms with van der Waals surface area (Å²) in [4.78, 5) is 58.6. The Bertz CT molecular complexity index is 2850. The molecule has 10 heteroatoms. The summed E-state index contributed by atoms with van der Waals surface area (Å²) in [6.07, 6.45) is 0. The lowest BCUT2D eigenvalue weighted by Crippen LogP contribution is -2.40. The van der Waals surface area contributed by atoms with Crippen LogP contribution in [0, 0.1) is 22.7 Å². The molecule has 0 aliphatic carbocycles. The Labute approximate surface area is 288 Å². The van der Waals surface area contributed by atoms with Gasteiger partial charge in [0.15, 0.2) is 0 Å². The Morgan fingerprint density at radius 3 is 1.41 bits per heavy atom. The standard InChI is InChI=1S/C41H22N4O6/c1-51-25-8-4-21(5-9-25)19-45-39(48)29-13-11-27-30-14-22(16-42)32-36-28(38(47)44(40(32)49)18-20-2-6-24(46)7-3-20)12-10-26(34(30)36)31-15-23(17-43)33(41(45)50)37(29)35(27)31/h2-15,46H,18-19H2,1H3. The van der Waals surface area contributed by atoms with Crippen LogP contribution in [0.15, 0.2) is 84.9 Å². The maximum Gasteiger partial charge on any atom is 0.263 e. The number of phenols is 1. The second kappa shape index (κ2) is 10.6. The zero-order chi connectivity index (χ0) is 35.3. The van der Waals surface area contributed by atoms with Crippen molar-refractivity contribution in [3.63, 3.8) is 0 Å². The van der Waals surface area contributed by atoms with Gasteiger partial charge in [-0.2, -0.15) is 10.5 Å². The Hall–Kier alpha value is -7.30. The van der Waals surface area contributed by atoms with Crippen LogP contribution in [0.5, 0.6) is 11.5 Å². The largest absolute Gasteiger partial charge is 0.508 e. The number of fused-ring (bicyclic) bond motifs is 2. The second-order valence-corrected chi connectivity index (χ2v) is 12.6. The van der Waals surface area contributed by atoms with Gasteiger partial charge in [-0.25, -0.2) is 0 Å². The van der Waals surface area contributed by atoms with E-state index < -0.39 is 23.6 Å². The number of imide groups is 2. The predicted octanol–water partition coefficient (Wildman–Crippen LogP) is 6.79. The lowest BCUT2D eigenvalue weighted by Gasteiger charge is -2.31. The normalized spacial score (nSPS) is 13.9. The van der Waals surface area contributed by atoms with E-state index in [-0.39, 0.29) is 52.2 Å². The summed E-state index contributed by atoms with van der Waals surface area (Å²) < 4.78 is 5.23. The molecule has 0 fully saturated rings. The van der Waals surface area contributed by atoms with Crippen molar-refractivity contribution in [2.75, 3.05) is 7.11 Å². The van der Waals surface area contributed by atoms with Crippen molar-refractivity contribution in [1.82, 2.24) is 9.80 Å². The molecular formula is C41H22N4O6. The van der Waals surface area contributed by atoms with E-state index in [9.17, 15) is 34.8 Å². The Balaban J connectivity index is 1.29. The van der Waals surface area contributed by atoms with Gasteiger partial charge in [-0.1, -0.05) is 36.4 Å². The number of nitrogens with zero attached hydrogens (tertiary/aromatic N) is 4.